The predicted octanol–water partition coefficient (Wildman–Crippen LogP) is 2.81. The molecule has 0 saturated carbocycles. The van der Waals surface area contributed by atoms with Gasteiger partial charge in [-0.3, -0.25) is 5.21 Å². The maximum atomic E-state index is 13.6. The molecule has 180 valence electrons. The molecule has 0 amide bonds. The first kappa shape index (κ1) is 26.3. The summed E-state index contributed by atoms with van der Waals surface area (Å²) in [7, 11) is 1.39. The Kier molecular flexibility index (Phi) is 8.50. The van der Waals surface area contributed by atoms with E-state index in [4.69, 9.17) is 26.2 Å². The number of carbonyl (C=O) groups is 1. The lowest BCUT2D eigenvalue weighted by Gasteiger charge is -2.30. The van der Waals surface area contributed by atoms with Crippen molar-refractivity contribution in [2.24, 2.45) is 0 Å². The number of nitrogens with one attached hydrogen (secondary N) is 1. The molecular formula is C19H25ClF3N3O6. The largest absolute Gasteiger partial charge is 0.475 e. The van der Waals surface area contributed by atoms with E-state index in [2.05, 4.69) is 4.84 Å². The van der Waals surface area contributed by atoms with Crippen LogP contribution in [-0.4, -0.2) is 65.8 Å². The molecule has 1 atom stereocenters. The minimum atomic E-state index is -4.89. The number of carbonyl (C=O) groups excluding carboxylic acids is 1. The summed E-state index contributed by atoms with van der Waals surface area (Å²) in [5.74, 6) is -1.39. The summed E-state index contributed by atoms with van der Waals surface area (Å²) < 4.78 is 50.7. The smallest absolute Gasteiger partial charge is 0.430 e. The highest BCUT2D eigenvalue weighted by atomic mass is 35.5. The number of hydrogen-bond donors (Lipinski definition) is 3. The molecule has 1 aliphatic rings. The Bertz CT molecular complexity index is 860. The third-order valence-electron chi connectivity index (χ3n) is 4.42. The molecule has 0 spiro atoms. The van der Waals surface area contributed by atoms with Crippen molar-refractivity contribution in [3.63, 3.8) is 0 Å². The van der Waals surface area contributed by atoms with Crippen molar-refractivity contribution >= 4 is 23.6 Å². The standard InChI is InChI=1S/C19H25ClF3N3O6/c1-18(2,3)13-9-15-11(8-14(13)20)7-12(16(32-15)19(21,22)23)17(28)30-10-31-24-26(29)25(4)5-6-27/h7-9,16,24,27,29H,5-6,10H2,1-4H3/t16-/m0/s1. The molecule has 1 aromatic rings. The van der Waals surface area contributed by atoms with Crippen molar-refractivity contribution < 1.29 is 42.6 Å². The molecule has 13 heteroatoms. The first-order valence-corrected chi connectivity index (χ1v) is 9.78. The Morgan fingerprint density at radius 1 is 1.31 bits per heavy atom. The quantitative estimate of drug-likeness (QED) is 0.223. The number of likely N-dealkylation sites (N-methyl/N-ethyl adjacent to an activating group) is 1. The second-order valence-corrected chi connectivity index (χ2v) is 8.35. The Balaban J connectivity index is 2.18. The number of esters is 1. The molecule has 0 aromatic heterocycles. The van der Waals surface area contributed by atoms with Gasteiger partial charge in [-0.25, -0.2) is 14.6 Å². The number of benzene rings is 1. The number of halogens is 4. The molecule has 1 aliphatic heterocycles. The van der Waals surface area contributed by atoms with Gasteiger partial charge in [0.1, 0.15) is 5.75 Å². The fourth-order valence-corrected chi connectivity index (χ4v) is 3.22. The molecular weight excluding hydrogens is 459 g/mol. The van der Waals surface area contributed by atoms with Crippen LogP contribution < -0.4 is 10.3 Å². The van der Waals surface area contributed by atoms with Gasteiger partial charge in [0.15, 0.2) is 0 Å². The van der Waals surface area contributed by atoms with Gasteiger partial charge in [0.25, 0.3) is 0 Å². The predicted molar refractivity (Wildman–Crippen MR) is 107 cm³/mol. The van der Waals surface area contributed by atoms with Crippen LogP contribution in [0.3, 0.4) is 0 Å². The molecule has 3 N–H and O–H groups in total. The Labute approximate surface area is 187 Å². The van der Waals surface area contributed by atoms with E-state index in [1.54, 1.807) is 0 Å². The maximum Gasteiger partial charge on any atom is 0.430 e. The minimum absolute atomic E-state index is 0.0447. The van der Waals surface area contributed by atoms with E-state index < -0.39 is 36.0 Å². The van der Waals surface area contributed by atoms with Crippen LogP contribution in [-0.2, 0) is 19.8 Å². The van der Waals surface area contributed by atoms with Crippen molar-refractivity contribution in [1.29, 1.82) is 0 Å². The number of aliphatic hydroxyl groups excluding tert-OH is 1. The number of rotatable bonds is 8. The van der Waals surface area contributed by atoms with Crippen LogP contribution in [0.15, 0.2) is 17.7 Å². The number of ether oxygens (including phenoxy) is 2. The van der Waals surface area contributed by atoms with E-state index in [-0.39, 0.29) is 24.5 Å². The lowest BCUT2D eigenvalue weighted by Crippen LogP contribution is -2.48. The van der Waals surface area contributed by atoms with E-state index in [0.29, 0.717) is 15.9 Å². The van der Waals surface area contributed by atoms with Gasteiger partial charge in [0.2, 0.25) is 12.9 Å². The van der Waals surface area contributed by atoms with Gasteiger partial charge in [-0.05, 0) is 34.5 Å². The summed E-state index contributed by atoms with van der Waals surface area (Å²) >= 11 is 6.28. The maximum absolute atomic E-state index is 13.6. The van der Waals surface area contributed by atoms with E-state index in [0.717, 1.165) is 11.1 Å². The molecule has 9 nitrogen and oxygen atoms in total. The van der Waals surface area contributed by atoms with Crippen LogP contribution in [0.4, 0.5) is 13.2 Å². The van der Waals surface area contributed by atoms with Gasteiger partial charge < -0.3 is 14.6 Å². The summed E-state index contributed by atoms with van der Waals surface area (Å²) in [4.78, 5) is 17.0. The number of nitrogens with zero attached hydrogens (tertiary/aromatic N) is 2. The normalized spacial score (nSPS) is 16.6. The van der Waals surface area contributed by atoms with Gasteiger partial charge in [-0.2, -0.15) is 13.2 Å². The summed E-state index contributed by atoms with van der Waals surface area (Å²) in [6, 6.07) is 2.86. The molecule has 0 radical (unpaired) electrons. The summed E-state index contributed by atoms with van der Waals surface area (Å²) in [5.41, 5.74) is 1.51. The molecule has 1 heterocycles. The van der Waals surface area contributed by atoms with Crippen molar-refractivity contribution in [3.8, 4) is 5.75 Å². The van der Waals surface area contributed by atoms with Crippen LogP contribution in [0.1, 0.15) is 31.9 Å². The number of aliphatic hydroxyl groups is 1. The number of hydrazine groups is 2. The molecule has 0 fully saturated rings. The summed E-state index contributed by atoms with van der Waals surface area (Å²) in [6.07, 6.45) is -6.43. The Hall–Kier alpha value is -1.93. The average molecular weight is 484 g/mol. The van der Waals surface area contributed by atoms with Gasteiger partial charge in [-0.15, -0.1) is 0 Å². The average Bonchev–Trinajstić information content (AvgIpc) is 2.68. The molecule has 0 bridgehead atoms. The molecule has 0 aliphatic carbocycles. The summed E-state index contributed by atoms with van der Waals surface area (Å²) in [6.45, 7) is 4.51. The minimum Gasteiger partial charge on any atom is -0.475 e. The second-order valence-electron chi connectivity index (χ2n) is 7.94. The van der Waals surface area contributed by atoms with E-state index >= 15 is 0 Å². The number of alkyl halides is 3. The first-order valence-electron chi connectivity index (χ1n) is 9.40. The third kappa shape index (κ3) is 6.54. The summed E-state index contributed by atoms with van der Waals surface area (Å²) in [5, 5.41) is 20.0. The number of hydrogen-bond acceptors (Lipinski definition) is 9. The van der Waals surface area contributed by atoms with Crippen LogP contribution in [0.25, 0.3) is 6.08 Å². The highest BCUT2D eigenvalue weighted by Gasteiger charge is 2.49. The lowest BCUT2D eigenvalue weighted by atomic mass is 9.85. The SMILES string of the molecule is CN(CCO)N(O)NOCOC(=O)C1=Cc2cc(Cl)c(C(C)(C)C)cc2O[C@@H]1C(F)(F)F. The van der Waals surface area contributed by atoms with Crippen LogP contribution in [0.5, 0.6) is 5.75 Å². The van der Waals surface area contributed by atoms with Crippen LogP contribution >= 0.6 is 11.6 Å². The fraction of sp³-hybridized carbons (Fsp3) is 0.526. The van der Waals surface area contributed by atoms with Crippen molar-refractivity contribution in [1.82, 2.24) is 15.9 Å². The lowest BCUT2D eigenvalue weighted by molar-refractivity contribution is -0.348. The molecule has 1 aromatic carbocycles. The highest BCUT2D eigenvalue weighted by Crippen LogP contribution is 2.42. The Morgan fingerprint density at radius 2 is 1.97 bits per heavy atom. The molecule has 32 heavy (non-hydrogen) atoms. The first-order chi connectivity index (χ1) is 14.8. The van der Waals surface area contributed by atoms with Crippen molar-refractivity contribution in [3.05, 3.63) is 33.9 Å². The highest BCUT2D eigenvalue weighted by molar-refractivity contribution is 6.31. The monoisotopic (exact) mass is 483 g/mol. The third-order valence-corrected chi connectivity index (χ3v) is 4.73. The Morgan fingerprint density at radius 3 is 2.53 bits per heavy atom. The van der Waals surface area contributed by atoms with Gasteiger partial charge in [0.05, 0.1) is 12.2 Å². The topological polar surface area (TPSA) is 104 Å². The van der Waals surface area contributed by atoms with Crippen molar-refractivity contribution in [2.75, 3.05) is 27.0 Å². The van der Waals surface area contributed by atoms with E-state index in [1.165, 1.54) is 19.2 Å². The van der Waals surface area contributed by atoms with Crippen LogP contribution in [0.2, 0.25) is 5.02 Å². The van der Waals surface area contributed by atoms with Gasteiger partial charge in [-0.1, -0.05) is 38.0 Å². The second kappa shape index (κ2) is 10.3. The van der Waals surface area contributed by atoms with Gasteiger partial charge in [0, 0.05) is 24.2 Å². The fourth-order valence-electron chi connectivity index (χ4n) is 2.76. The van der Waals surface area contributed by atoms with Crippen molar-refractivity contribution in [2.45, 2.75) is 38.5 Å². The zero-order valence-corrected chi connectivity index (χ0v) is 18.6. The zero-order chi connectivity index (χ0) is 24.3. The van der Waals surface area contributed by atoms with Crippen LogP contribution in [0, 0.1) is 0 Å². The number of fused-ring (bicyclic) bond motifs is 1. The molecule has 0 saturated heterocycles. The zero-order valence-electron chi connectivity index (χ0n) is 17.9. The van der Waals surface area contributed by atoms with E-state index in [1.807, 2.05) is 26.4 Å². The van der Waals surface area contributed by atoms with Gasteiger partial charge >= 0.3 is 12.1 Å². The van der Waals surface area contributed by atoms with E-state index in [9.17, 15) is 23.2 Å². The molecule has 0 unspecified atom stereocenters. The molecule has 2 rings (SSSR count).